The lowest BCUT2D eigenvalue weighted by atomic mass is 10.1. The molecule has 9 nitrogen and oxygen atoms in total. The fraction of sp³-hybridized carbons (Fsp3) is 0.211. The molecule has 0 bridgehead atoms. The fourth-order valence-corrected chi connectivity index (χ4v) is 3.60. The van der Waals surface area contributed by atoms with Gasteiger partial charge in [-0.15, -0.1) is 0 Å². The number of carbonyl (C=O) groups excluding carboxylic acids is 3. The molecular formula is C19H21N3O6S. The molecule has 0 saturated heterocycles. The summed E-state index contributed by atoms with van der Waals surface area (Å²) >= 11 is 0. The first-order chi connectivity index (χ1) is 13.5. The highest BCUT2D eigenvalue weighted by Gasteiger charge is 2.22. The predicted octanol–water partition coefficient (Wildman–Crippen LogP) is 1.84. The van der Waals surface area contributed by atoms with Crippen molar-refractivity contribution < 1.29 is 27.5 Å². The summed E-state index contributed by atoms with van der Waals surface area (Å²) in [5, 5.41) is 1.79. The molecule has 10 heteroatoms. The average Bonchev–Trinajstić information content (AvgIpc) is 2.63. The third-order valence-electron chi connectivity index (χ3n) is 3.91. The van der Waals surface area contributed by atoms with E-state index in [-0.39, 0.29) is 10.5 Å². The molecule has 0 fully saturated rings. The molecule has 1 atom stereocenters. The van der Waals surface area contributed by atoms with E-state index in [0.717, 1.165) is 17.2 Å². The van der Waals surface area contributed by atoms with Gasteiger partial charge >= 0.3 is 12.0 Å². The summed E-state index contributed by atoms with van der Waals surface area (Å²) in [5.74, 6) is -1.83. The van der Waals surface area contributed by atoms with Crippen LogP contribution in [0.1, 0.15) is 28.4 Å². The Morgan fingerprint density at radius 3 is 2.38 bits per heavy atom. The first-order valence-electron chi connectivity index (χ1n) is 8.51. The lowest BCUT2D eigenvalue weighted by molar-refractivity contribution is -0.127. The van der Waals surface area contributed by atoms with Crippen molar-refractivity contribution >= 4 is 33.6 Å². The number of urea groups is 1. The Morgan fingerprint density at radius 1 is 1.07 bits per heavy atom. The maximum absolute atomic E-state index is 12.7. The van der Waals surface area contributed by atoms with Crippen molar-refractivity contribution in [1.29, 1.82) is 0 Å². The maximum atomic E-state index is 12.7. The highest BCUT2D eigenvalue weighted by atomic mass is 32.2. The number of imide groups is 1. The number of anilines is 1. The van der Waals surface area contributed by atoms with Gasteiger partial charge in [0.2, 0.25) is 0 Å². The van der Waals surface area contributed by atoms with Crippen LogP contribution in [0.2, 0.25) is 0 Å². The Labute approximate surface area is 168 Å². The number of aryl methyl sites for hydroxylation is 2. The van der Waals surface area contributed by atoms with Crippen LogP contribution in [0.5, 0.6) is 0 Å². The number of primary amides is 1. The summed E-state index contributed by atoms with van der Waals surface area (Å²) in [6.45, 7) is 4.92. The van der Waals surface area contributed by atoms with Gasteiger partial charge in [-0.1, -0.05) is 23.8 Å². The number of nitrogens with one attached hydrogen (secondary N) is 2. The van der Waals surface area contributed by atoms with E-state index in [9.17, 15) is 22.8 Å². The van der Waals surface area contributed by atoms with Gasteiger partial charge in [-0.2, -0.15) is 0 Å². The van der Waals surface area contributed by atoms with Crippen LogP contribution >= 0.6 is 0 Å². The van der Waals surface area contributed by atoms with Crippen LogP contribution in [0.4, 0.5) is 10.5 Å². The zero-order chi connectivity index (χ0) is 21.8. The molecule has 2 rings (SSSR count). The molecule has 3 amide bonds. The maximum Gasteiger partial charge on any atom is 0.338 e. The summed E-state index contributed by atoms with van der Waals surface area (Å²) in [5.41, 5.74) is 6.92. The standard InChI is InChI=1S/C19H21N3O6S/c1-11-7-8-16(12(2)9-11)22-29(26,27)15-6-4-5-14(10-15)18(24)28-13(3)17(23)21-19(20)25/h4-10,13,22H,1-3H3,(H3,20,21,23,25)/t13-/m0/s1. The minimum absolute atomic E-state index is 0.0766. The van der Waals surface area contributed by atoms with Crippen LogP contribution in [-0.2, 0) is 19.6 Å². The SMILES string of the molecule is Cc1ccc(NS(=O)(=O)c2cccc(C(=O)O[C@@H](C)C(=O)NC(N)=O)c2)c(C)c1. The molecule has 29 heavy (non-hydrogen) atoms. The lowest BCUT2D eigenvalue weighted by Crippen LogP contribution is -2.42. The van der Waals surface area contributed by atoms with Crippen molar-refractivity contribution in [2.24, 2.45) is 5.73 Å². The van der Waals surface area contributed by atoms with Crippen LogP contribution < -0.4 is 15.8 Å². The second-order valence-electron chi connectivity index (χ2n) is 6.35. The summed E-state index contributed by atoms with van der Waals surface area (Å²) in [4.78, 5) is 34.4. The van der Waals surface area contributed by atoms with E-state index in [1.807, 2.05) is 13.0 Å². The van der Waals surface area contributed by atoms with E-state index in [1.165, 1.54) is 25.1 Å². The molecule has 4 N–H and O–H groups in total. The number of sulfonamides is 1. The smallest absolute Gasteiger partial charge is 0.338 e. The molecule has 0 aliphatic heterocycles. The second kappa shape index (κ2) is 8.74. The Hall–Kier alpha value is -3.40. The Balaban J connectivity index is 2.20. The van der Waals surface area contributed by atoms with Gasteiger partial charge in [-0.05, 0) is 50.6 Å². The molecule has 0 spiro atoms. The zero-order valence-electron chi connectivity index (χ0n) is 16.1. The largest absolute Gasteiger partial charge is 0.449 e. The summed E-state index contributed by atoms with van der Waals surface area (Å²) < 4.78 is 32.8. The minimum Gasteiger partial charge on any atom is -0.449 e. The molecule has 0 radical (unpaired) electrons. The van der Waals surface area contributed by atoms with E-state index >= 15 is 0 Å². The Kier molecular flexibility index (Phi) is 6.60. The average molecular weight is 419 g/mol. The number of carbonyl (C=O) groups is 3. The third-order valence-corrected chi connectivity index (χ3v) is 5.27. The molecular weight excluding hydrogens is 398 g/mol. The van der Waals surface area contributed by atoms with Gasteiger partial charge in [0.15, 0.2) is 6.10 Å². The van der Waals surface area contributed by atoms with Gasteiger partial charge in [-0.3, -0.25) is 14.8 Å². The Morgan fingerprint density at radius 2 is 1.76 bits per heavy atom. The monoisotopic (exact) mass is 419 g/mol. The van der Waals surface area contributed by atoms with Gasteiger partial charge in [0, 0.05) is 0 Å². The van der Waals surface area contributed by atoms with E-state index in [1.54, 1.807) is 24.4 Å². The topological polar surface area (TPSA) is 145 Å². The summed E-state index contributed by atoms with van der Waals surface area (Å²) in [7, 11) is -3.96. The van der Waals surface area contributed by atoms with Crippen molar-refractivity contribution in [1.82, 2.24) is 5.32 Å². The van der Waals surface area contributed by atoms with Gasteiger partial charge in [-0.25, -0.2) is 18.0 Å². The molecule has 0 aromatic heterocycles. The number of amides is 3. The predicted molar refractivity (Wildman–Crippen MR) is 106 cm³/mol. The molecule has 0 aliphatic rings. The van der Waals surface area contributed by atoms with Crippen molar-refractivity contribution in [2.45, 2.75) is 31.8 Å². The lowest BCUT2D eigenvalue weighted by Gasteiger charge is -2.13. The quantitative estimate of drug-likeness (QED) is 0.609. The molecule has 0 aliphatic carbocycles. The highest BCUT2D eigenvalue weighted by molar-refractivity contribution is 7.92. The Bertz CT molecular complexity index is 1070. The first-order valence-corrected chi connectivity index (χ1v) is 9.99. The molecule has 2 aromatic rings. The third kappa shape index (κ3) is 5.79. The van der Waals surface area contributed by atoms with Crippen molar-refractivity contribution in [2.75, 3.05) is 4.72 Å². The van der Waals surface area contributed by atoms with Gasteiger partial charge in [0.05, 0.1) is 16.1 Å². The number of rotatable bonds is 6. The number of ether oxygens (including phenoxy) is 1. The zero-order valence-corrected chi connectivity index (χ0v) is 16.9. The van der Waals surface area contributed by atoms with Crippen LogP contribution in [-0.4, -0.2) is 32.4 Å². The molecule has 2 aromatic carbocycles. The summed E-state index contributed by atoms with van der Waals surface area (Å²) in [6.07, 6.45) is -1.30. The fourth-order valence-electron chi connectivity index (χ4n) is 2.43. The van der Waals surface area contributed by atoms with Crippen molar-refractivity contribution in [3.05, 3.63) is 59.2 Å². The minimum atomic E-state index is -3.96. The van der Waals surface area contributed by atoms with Crippen LogP contribution in [0.3, 0.4) is 0 Å². The molecule has 0 unspecified atom stereocenters. The number of nitrogens with two attached hydrogens (primary N) is 1. The van der Waals surface area contributed by atoms with Crippen LogP contribution in [0.25, 0.3) is 0 Å². The van der Waals surface area contributed by atoms with E-state index in [2.05, 4.69) is 4.72 Å². The van der Waals surface area contributed by atoms with Crippen molar-refractivity contribution in [3.8, 4) is 0 Å². The van der Waals surface area contributed by atoms with Crippen LogP contribution in [0.15, 0.2) is 47.4 Å². The molecule has 0 heterocycles. The van der Waals surface area contributed by atoms with Gasteiger partial charge in [0.1, 0.15) is 0 Å². The van der Waals surface area contributed by atoms with Gasteiger partial charge in [0.25, 0.3) is 15.9 Å². The number of hydrogen-bond donors (Lipinski definition) is 3. The number of esters is 1. The second-order valence-corrected chi connectivity index (χ2v) is 8.04. The first kappa shape index (κ1) is 21.9. The molecule has 0 saturated carbocycles. The summed E-state index contributed by atoms with van der Waals surface area (Å²) in [6, 6.07) is 9.36. The van der Waals surface area contributed by atoms with Crippen molar-refractivity contribution in [3.63, 3.8) is 0 Å². The van der Waals surface area contributed by atoms with E-state index in [4.69, 9.17) is 10.5 Å². The molecule has 154 valence electrons. The number of benzene rings is 2. The van der Waals surface area contributed by atoms with E-state index < -0.39 is 34.0 Å². The number of hydrogen-bond acceptors (Lipinski definition) is 6. The highest BCUT2D eigenvalue weighted by Crippen LogP contribution is 2.21. The normalized spacial score (nSPS) is 12.0. The van der Waals surface area contributed by atoms with E-state index in [0.29, 0.717) is 5.69 Å². The van der Waals surface area contributed by atoms with Crippen LogP contribution in [0, 0.1) is 13.8 Å². The van der Waals surface area contributed by atoms with Gasteiger partial charge < -0.3 is 10.5 Å².